The summed E-state index contributed by atoms with van der Waals surface area (Å²) in [6, 6.07) is 19.9. The number of carbonyl (C=O) groups excluding carboxylic acids is 1. The van der Waals surface area contributed by atoms with Crippen LogP contribution in [0.25, 0.3) is 11.1 Å². The van der Waals surface area contributed by atoms with Gasteiger partial charge in [0.2, 0.25) is 0 Å². The first-order chi connectivity index (χ1) is 20.5. The van der Waals surface area contributed by atoms with Crippen LogP contribution in [0.4, 0.5) is 10.5 Å². The van der Waals surface area contributed by atoms with E-state index in [1.807, 2.05) is 30.3 Å². The number of halogens is 1. The van der Waals surface area contributed by atoms with E-state index in [9.17, 15) is 19.8 Å². The van der Waals surface area contributed by atoms with Crippen molar-refractivity contribution in [2.45, 2.75) is 70.7 Å². The molecule has 0 unspecified atom stereocenters. The number of rotatable bonds is 11. The monoisotopic (exact) mass is 608 g/mol. The van der Waals surface area contributed by atoms with E-state index in [2.05, 4.69) is 5.32 Å². The van der Waals surface area contributed by atoms with Crippen LogP contribution >= 0.6 is 11.6 Å². The van der Waals surface area contributed by atoms with Gasteiger partial charge in [0.25, 0.3) is 0 Å². The van der Waals surface area contributed by atoms with Gasteiger partial charge < -0.3 is 29.9 Å². The zero-order valence-corrected chi connectivity index (χ0v) is 25.8. The first-order valence-corrected chi connectivity index (χ1v) is 15.2. The second kappa shape index (κ2) is 14.6. The lowest BCUT2D eigenvalue weighted by atomic mass is 9.97. The van der Waals surface area contributed by atoms with Crippen molar-refractivity contribution in [2.75, 3.05) is 25.0 Å². The van der Waals surface area contributed by atoms with Crippen LogP contribution < -0.4 is 10.1 Å². The third-order valence-corrected chi connectivity index (χ3v) is 7.50. The first kappa shape index (κ1) is 32.2. The quantitative estimate of drug-likeness (QED) is 0.204. The van der Waals surface area contributed by atoms with Crippen molar-refractivity contribution in [1.29, 1.82) is 0 Å². The third kappa shape index (κ3) is 9.63. The smallest absolute Gasteiger partial charge is 0.410 e. The largest absolute Gasteiger partial charge is 0.490 e. The van der Waals surface area contributed by atoms with Crippen LogP contribution in [0.15, 0.2) is 66.7 Å². The second-order valence-corrected chi connectivity index (χ2v) is 12.3. The van der Waals surface area contributed by atoms with E-state index < -0.39 is 23.8 Å². The normalized spacial score (nSPS) is 14.5. The lowest BCUT2D eigenvalue weighted by Crippen LogP contribution is -2.41. The van der Waals surface area contributed by atoms with Gasteiger partial charge in [-0.15, -0.1) is 0 Å². The van der Waals surface area contributed by atoms with Gasteiger partial charge in [-0.3, -0.25) is 0 Å². The molecule has 9 heteroatoms. The minimum Gasteiger partial charge on any atom is -0.490 e. The van der Waals surface area contributed by atoms with Gasteiger partial charge >= 0.3 is 12.1 Å². The number of carboxylic acid groups (broad SMARTS) is 1. The fourth-order valence-electron chi connectivity index (χ4n) is 5.07. The molecule has 0 aromatic heterocycles. The van der Waals surface area contributed by atoms with Crippen molar-refractivity contribution < 1.29 is 29.3 Å². The average Bonchev–Trinajstić information content (AvgIpc) is 2.96. The number of anilines is 1. The Morgan fingerprint density at radius 1 is 1.00 bits per heavy atom. The molecule has 230 valence electrons. The highest BCUT2D eigenvalue weighted by atomic mass is 35.5. The van der Waals surface area contributed by atoms with Gasteiger partial charge in [-0.2, -0.15) is 0 Å². The number of hydrogen-bond donors (Lipinski definition) is 3. The Labute approximate surface area is 258 Å². The number of ether oxygens (including phenoxy) is 2. The molecular formula is C34H41ClN2O6. The van der Waals surface area contributed by atoms with Crippen molar-refractivity contribution in [3.8, 4) is 16.9 Å². The molecule has 43 heavy (non-hydrogen) atoms. The summed E-state index contributed by atoms with van der Waals surface area (Å²) in [5.74, 6) is -0.598. The van der Waals surface area contributed by atoms with Crippen molar-refractivity contribution in [2.24, 2.45) is 0 Å². The molecule has 1 aliphatic rings. The summed E-state index contributed by atoms with van der Waals surface area (Å²) in [6.45, 7) is 6.18. The molecular weight excluding hydrogens is 568 g/mol. The first-order valence-electron chi connectivity index (χ1n) is 14.8. The SMILES string of the molecule is CC(C)(C)OC(=O)N(CCNc1ccc(-c2ccc(C(=O)O)c(OC3CCCCC3)c2)cc1)C[C@@H](O)c1cccc(Cl)c1. The molecule has 0 saturated heterocycles. The molecule has 4 rings (SSSR count). The molecule has 1 atom stereocenters. The molecule has 3 aromatic carbocycles. The molecule has 1 fully saturated rings. The van der Waals surface area contributed by atoms with Crippen LogP contribution in [0.2, 0.25) is 5.02 Å². The number of hydrogen-bond acceptors (Lipinski definition) is 6. The predicted molar refractivity (Wildman–Crippen MR) is 169 cm³/mol. The van der Waals surface area contributed by atoms with Crippen molar-refractivity contribution >= 4 is 29.4 Å². The number of aliphatic hydroxyl groups excluding tert-OH is 1. The second-order valence-electron chi connectivity index (χ2n) is 11.9. The number of amides is 1. The highest BCUT2D eigenvalue weighted by molar-refractivity contribution is 6.30. The summed E-state index contributed by atoms with van der Waals surface area (Å²) in [5.41, 5.74) is 2.76. The van der Waals surface area contributed by atoms with Gasteiger partial charge in [0, 0.05) is 23.8 Å². The fourth-order valence-corrected chi connectivity index (χ4v) is 5.26. The predicted octanol–water partition coefficient (Wildman–Crippen LogP) is 7.80. The summed E-state index contributed by atoms with van der Waals surface area (Å²) in [6.07, 6.45) is 3.87. The van der Waals surface area contributed by atoms with Crippen molar-refractivity contribution in [3.63, 3.8) is 0 Å². The van der Waals surface area contributed by atoms with Crippen LogP contribution in [-0.4, -0.2) is 58.5 Å². The number of benzene rings is 3. The molecule has 0 heterocycles. The number of nitrogens with one attached hydrogen (secondary N) is 1. The lowest BCUT2D eigenvalue weighted by Gasteiger charge is -2.29. The van der Waals surface area contributed by atoms with E-state index in [-0.39, 0.29) is 18.2 Å². The van der Waals surface area contributed by atoms with Gasteiger partial charge in [0.1, 0.15) is 16.9 Å². The van der Waals surface area contributed by atoms with Crippen molar-refractivity contribution in [1.82, 2.24) is 4.90 Å². The summed E-state index contributed by atoms with van der Waals surface area (Å²) >= 11 is 6.09. The summed E-state index contributed by atoms with van der Waals surface area (Å²) in [5, 5.41) is 24.3. The molecule has 0 bridgehead atoms. The number of nitrogens with zero attached hydrogens (tertiary/aromatic N) is 1. The Morgan fingerprint density at radius 2 is 1.70 bits per heavy atom. The maximum absolute atomic E-state index is 12.9. The van der Waals surface area contributed by atoms with Gasteiger partial charge in [-0.1, -0.05) is 48.4 Å². The van der Waals surface area contributed by atoms with Crippen LogP contribution in [0.3, 0.4) is 0 Å². The minimum absolute atomic E-state index is 0.0422. The molecule has 0 spiro atoms. The third-order valence-electron chi connectivity index (χ3n) is 7.27. The van der Waals surface area contributed by atoms with Crippen molar-refractivity contribution in [3.05, 3.63) is 82.9 Å². The van der Waals surface area contributed by atoms with E-state index in [1.54, 1.807) is 57.2 Å². The summed E-state index contributed by atoms with van der Waals surface area (Å²) < 4.78 is 11.7. The minimum atomic E-state index is -1.00. The highest BCUT2D eigenvalue weighted by Gasteiger charge is 2.25. The Morgan fingerprint density at radius 3 is 2.35 bits per heavy atom. The Balaban J connectivity index is 1.40. The Bertz CT molecular complexity index is 1380. The zero-order chi connectivity index (χ0) is 31.0. The van der Waals surface area contributed by atoms with Gasteiger partial charge in [0.05, 0.1) is 18.8 Å². The number of carbonyl (C=O) groups is 2. The van der Waals surface area contributed by atoms with E-state index >= 15 is 0 Å². The lowest BCUT2D eigenvalue weighted by molar-refractivity contribution is 0.0153. The van der Waals surface area contributed by atoms with E-state index in [1.165, 1.54) is 11.3 Å². The maximum Gasteiger partial charge on any atom is 0.410 e. The Kier molecular flexibility index (Phi) is 10.9. The standard InChI is InChI=1S/C34H41ClN2O6/c1-34(2,3)43-33(41)37(22-30(38)25-8-7-9-26(35)20-25)19-18-36-27-15-12-23(13-16-27)24-14-17-29(32(39)40)31(21-24)42-28-10-5-4-6-11-28/h7-9,12-17,20-21,28,30,36,38H,4-6,10-11,18-19,22H2,1-3H3,(H,39,40)/t30-/m1/s1. The molecule has 1 amide bonds. The fraction of sp³-hybridized carbons (Fsp3) is 0.412. The molecule has 0 radical (unpaired) electrons. The van der Waals surface area contributed by atoms with Gasteiger partial charge in [0.15, 0.2) is 0 Å². The summed E-state index contributed by atoms with van der Waals surface area (Å²) in [4.78, 5) is 26.2. The van der Waals surface area contributed by atoms with Crippen LogP contribution in [0, 0.1) is 0 Å². The molecule has 3 N–H and O–H groups in total. The summed E-state index contributed by atoms with van der Waals surface area (Å²) in [7, 11) is 0. The maximum atomic E-state index is 12.9. The van der Waals surface area contributed by atoms with Gasteiger partial charge in [-0.05, 0) is 99.5 Å². The zero-order valence-electron chi connectivity index (χ0n) is 25.0. The number of aliphatic hydroxyl groups is 1. The Hall–Kier alpha value is -3.75. The van der Waals surface area contributed by atoms with Crippen LogP contribution in [0.1, 0.15) is 74.9 Å². The molecule has 3 aromatic rings. The van der Waals surface area contributed by atoms with E-state index in [4.69, 9.17) is 21.1 Å². The molecule has 0 aliphatic heterocycles. The molecule has 1 saturated carbocycles. The molecule has 8 nitrogen and oxygen atoms in total. The molecule has 1 aliphatic carbocycles. The van der Waals surface area contributed by atoms with Crippen LogP contribution in [0.5, 0.6) is 5.75 Å². The average molecular weight is 609 g/mol. The number of aromatic carboxylic acids is 1. The van der Waals surface area contributed by atoms with E-state index in [0.29, 0.717) is 29.4 Å². The topological polar surface area (TPSA) is 108 Å². The van der Waals surface area contributed by atoms with E-state index in [0.717, 1.165) is 42.5 Å². The number of carboxylic acids is 1. The highest BCUT2D eigenvalue weighted by Crippen LogP contribution is 2.31. The van der Waals surface area contributed by atoms with Crippen LogP contribution in [-0.2, 0) is 4.74 Å². The van der Waals surface area contributed by atoms with Gasteiger partial charge in [-0.25, -0.2) is 9.59 Å².